The molecular formula is C11H18N2O2. The molecule has 15 heavy (non-hydrogen) atoms. The van der Waals surface area contributed by atoms with E-state index in [2.05, 4.69) is 13.2 Å². The number of nitrogens with zero attached hydrogens (tertiary/aromatic N) is 2. The molecule has 0 aliphatic carbocycles. The molecule has 84 valence electrons. The van der Waals surface area contributed by atoms with Gasteiger partial charge in [-0.15, -0.1) is 0 Å². The fraction of sp³-hybridized carbons (Fsp3) is 0.455. The summed E-state index contributed by atoms with van der Waals surface area (Å²) in [6, 6.07) is 0. The zero-order chi connectivity index (χ0) is 11.8. The maximum Gasteiger partial charge on any atom is 0.252 e. The van der Waals surface area contributed by atoms with E-state index in [9.17, 15) is 9.59 Å². The van der Waals surface area contributed by atoms with E-state index in [0.717, 1.165) is 30.0 Å². The quantitative estimate of drug-likeness (QED) is 0.605. The topological polar surface area (TPSA) is 40.6 Å². The van der Waals surface area contributed by atoms with Crippen LogP contribution >= 0.6 is 0 Å². The van der Waals surface area contributed by atoms with E-state index in [0.29, 0.717) is 6.54 Å². The molecule has 0 heterocycles. The first-order chi connectivity index (χ1) is 7.02. The molecule has 0 fully saturated rings. The third-order valence-electron chi connectivity index (χ3n) is 1.87. The van der Waals surface area contributed by atoms with Gasteiger partial charge in [-0.1, -0.05) is 13.2 Å². The smallest absolute Gasteiger partial charge is 0.252 e. The Balaban J connectivity index is 4.26. The van der Waals surface area contributed by atoms with Crippen molar-refractivity contribution >= 4 is 11.8 Å². The number of rotatable bonds is 6. The van der Waals surface area contributed by atoms with Gasteiger partial charge in [0.05, 0.1) is 0 Å². The summed E-state index contributed by atoms with van der Waals surface area (Å²) in [5.41, 5.74) is 0. The van der Waals surface area contributed by atoms with E-state index in [1.54, 1.807) is 0 Å². The molecule has 0 aromatic rings. The van der Waals surface area contributed by atoms with Crippen LogP contribution in [0.3, 0.4) is 0 Å². The number of amides is 2. The van der Waals surface area contributed by atoms with Crippen LogP contribution in [-0.2, 0) is 9.59 Å². The summed E-state index contributed by atoms with van der Waals surface area (Å²) in [6.45, 7) is 7.93. The molecule has 0 bridgehead atoms. The van der Waals surface area contributed by atoms with Gasteiger partial charge in [0.2, 0.25) is 0 Å². The molecule has 4 heteroatoms. The summed E-state index contributed by atoms with van der Waals surface area (Å²) < 4.78 is 0. The molecule has 0 aromatic carbocycles. The third kappa shape index (κ3) is 5.12. The van der Waals surface area contributed by atoms with E-state index in [-0.39, 0.29) is 11.8 Å². The van der Waals surface area contributed by atoms with Gasteiger partial charge in [-0.25, -0.2) is 0 Å². The highest BCUT2D eigenvalue weighted by Gasteiger charge is 2.15. The Labute approximate surface area is 90.9 Å². The van der Waals surface area contributed by atoms with Gasteiger partial charge in [0.1, 0.15) is 0 Å². The van der Waals surface area contributed by atoms with Gasteiger partial charge in [-0.2, -0.15) is 0 Å². The Hall–Kier alpha value is -1.42. The molecule has 0 rings (SSSR count). The van der Waals surface area contributed by atoms with Crippen LogP contribution in [0.1, 0.15) is 6.42 Å². The van der Waals surface area contributed by atoms with Gasteiger partial charge in [-0.3, -0.25) is 14.5 Å². The van der Waals surface area contributed by atoms with Crippen LogP contribution in [0, 0.1) is 0 Å². The molecule has 0 atom stereocenters. The standard InChI is InChI=1S/C11H18N2O2/c1-5-10(14)13(11(15)6-2)9-7-8-12(3)4/h5-6H,1-2,7-9H2,3-4H3. The zero-order valence-electron chi connectivity index (χ0n) is 9.40. The molecule has 0 saturated carbocycles. The first kappa shape index (κ1) is 13.6. The summed E-state index contributed by atoms with van der Waals surface area (Å²) in [7, 11) is 3.88. The maximum absolute atomic E-state index is 11.3. The molecule has 0 N–H and O–H groups in total. The summed E-state index contributed by atoms with van der Waals surface area (Å²) in [5.74, 6) is -0.752. The Morgan fingerprint density at radius 2 is 1.53 bits per heavy atom. The Bertz CT molecular complexity index is 239. The zero-order valence-corrected chi connectivity index (χ0v) is 9.40. The molecule has 0 aromatic heterocycles. The minimum absolute atomic E-state index is 0.376. The maximum atomic E-state index is 11.3. The van der Waals surface area contributed by atoms with Crippen LogP contribution in [0.5, 0.6) is 0 Å². The van der Waals surface area contributed by atoms with Gasteiger partial charge in [0.15, 0.2) is 0 Å². The van der Waals surface area contributed by atoms with Gasteiger partial charge < -0.3 is 4.90 Å². The fourth-order valence-corrected chi connectivity index (χ4v) is 1.09. The lowest BCUT2D eigenvalue weighted by Crippen LogP contribution is -2.36. The molecule has 0 saturated heterocycles. The largest absolute Gasteiger partial charge is 0.309 e. The molecule has 4 nitrogen and oxygen atoms in total. The first-order valence-electron chi connectivity index (χ1n) is 4.78. The Morgan fingerprint density at radius 1 is 1.07 bits per heavy atom. The normalized spacial score (nSPS) is 9.80. The van der Waals surface area contributed by atoms with Crippen LogP contribution in [0.25, 0.3) is 0 Å². The average Bonchev–Trinajstić information content (AvgIpc) is 2.22. The SMILES string of the molecule is C=CC(=O)N(CCCN(C)C)C(=O)C=C. The molecule has 0 radical (unpaired) electrons. The second-order valence-electron chi connectivity index (χ2n) is 3.39. The predicted octanol–water partition coefficient (Wildman–Crippen LogP) is 0.665. The van der Waals surface area contributed by atoms with Gasteiger partial charge in [-0.05, 0) is 39.2 Å². The van der Waals surface area contributed by atoms with Crippen molar-refractivity contribution < 1.29 is 9.59 Å². The average molecular weight is 210 g/mol. The van der Waals surface area contributed by atoms with Crippen LogP contribution < -0.4 is 0 Å². The lowest BCUT2D eigenvalue weighted by molar-refractivity contribution is -0.138. The number of hydrogen-bond donors (Lipinski definition) is 0. The van der Waals surface area contributed by atoms with Crippen LogP contribution in [0.4, 0.5) is 0 Å². The molecule has 2 amide bonds. The predicted molar refractivity (Wildman–Crippen MR) is 60.3 cm³/mol. The number of carbonyl (C=O) groups excluding carboxylic acids is 2. The van der Waals surface area contributed by atoms with Crippen molar-refractivity contribution in [3.05, 3.63) is 25.3 Å². The lowest BCUT2D eigenvalue weighted by atomic mass is 10.3. The van der Waals surface area contributed by atoms with Gasteiger partial charge in [0.25, 0.3) is 11.8 Å². The van der Waals surface area contributed by atoms with Crippen molar-refractivity contribution in [1.29, 1.82) is 0 Å². The van der Waals surface area contributed by atoms with E-state index in [1.165, 1.54) is 0 Å². The lowest BCUT2D eigenvalue weighted by Gasteiger charge is -2.18. The van der Waals surface area contributed by atoms with Crippen molar-refractivity contribution in [3.8, 4) is 0 Å². The van der Waals surface area contributed by atoms with Crippen LogP contribution in [-0.4, -0.2) is 48.8 Å². The Morgan fingerprint density at radius 3 is 1.87 bits per heavy atom. The van der Waals surface area contributed by atoms with Crippen molar-refractivity contribution in [3.63, 3.8) is 0 Å². The number of imide groups is 1. The highest BCUT2D eigenvalue weighted by atomic mass is 16.2. The van der Waals surface area contributed by atoms with Gasteiger partial charge >= 0.3 is 0 Å². The number of carbonyl (C=O) groups is 2. The van der Waals surface area contributed by atoms with E-state index < -0.39 is 0 Å². The summed E-state index contributed by atoms with van der Waals surface area (Å²) in [5, 5.41) is 0. The van der Waals surface area contributed by atoms with Crippen molar-refractivity contribution in [2.75, 3.05) is 27.2 Å². The molecule has 0 aliphatic rings. The van der Waals surface area contributed by atoms with E-state index >= 15 is 0 Å². The van der Waals surface area contributed by atoms with Crippen molar-refractivity contribution in [2.24, 2.45) is 0 Å². The monoisotopic (exact) mass is 210 g/mol. The minimum Gasteiger partial charge on any atom is -0.309 e. The molecule has 0 unspecified atom stereocenters. The third-order valence-corrected chi connectivity index (χ3v) is 1.87. The van der Waals surface area contributed by atoms with Crippen LogP contribution in [0.15, 0.2) is 25.3 Å². The second kappa shape index (κ2) is 6.95. The highest BCUT2D eigenvalue weighted by molar-refractivity contribution is 6.04. The molecule has 0 spiro atoms. The van der Waals surface area contributed by atoms with Gasteiger partial charge in [0, 0.05) is 6.54 Å². The molecule has 0 aliphatic heterocycles. The summed E-state index contributed by atoms with van der Waals surface area (Å²) in [6.07, 6.45) is 3.01. The van der Waals surface area contributed by atoms with E-state index in [1.807, 2.05) is 19.0 Å². The van der Waals surface area contributed by atoms with Crippen molar-refractivity contribution in [1.82, 2.24) is 9.80 Å². The summed E-state index contributed by atoms with van der Waals surface area (Å²) in [4.78, 5) is 25.8. The van der Waals surface area contributed by atoms with Crippen LogP contribution in [0.2, 0.25) is 0 Å². The highest BCUT2D eigenvalue weighted by Crippen LogP contribution is 1.97. The molecular weight excluding hydrogens is 192 g/mol. The van der Waals surface area contributed by atoms with E-state index in [4.69, 9.17) is 0 Å². The van der Waals surface area contributed by atoms with Crippen molar-refractivity contribution in [2.45, 2.75) is 6.42 Å². The second-order valence-corrected chi connectivity index (χ2v) is 3.39. The minimum atomic E-state index is -0.376. The number of hydrogen-bond acceptors (Lipinski definition) is 3. The fourth-order valence-electron chi connectivity index (χ4n) is 1.09. The first-order valence-corrected chi connectivity index (χ1v) is 4.78. The Kier molecular flexibility index (Phi) is 6.29. The summed E-state index contributed by atoms with van der Waals surface area (Å²) >= 11 is 0.